The van der Waals surface area contributed by atoms with Gasteiger partial charge in [0.25, 0.3) is 0 Å². The highest BCUT2D eigenvalue weighted by Gasteiger charge is 2.41. The van der Waals surface area contributed by atoms with Crippen LogP contribution < -0.4 is 0 Å². The van der Waals surface area contributed by atoms with Gasteiger partial charge < -0.3 is 0 Å². The zero-order valence-electron chi connectivity index (χ0n) is 12.1. The Morgan fingerprint density at radius 2 is 2.05 bits per heavy atom. The highest BCUT2D eigenvalue weighted by molar-refractivity contribution is 6.29. The van der Waals surface area contributed by atoms with Crippen molar-refractivity contribution in [2.24, 2.45) is 0 Å². The smallest absolute Gasteiger partial charge is 0.176 e. The number of nitrogens with zero attached hydrogens (tertiary/aromatic N) is 3. The number of hydrogen-bond donors (Lipinski definition) is 0. The summed E-state index contributed by atoms with van der Waals surface area (Å²) in [6, 6.07) is 7.28. The van der Waals surface area contributed by atoms with Crippen molar-refractivity contribution in [2.45, 2.75) is 38.5 Å². The Balaban J connectivity index is 2.02. The molecule has 108 valence electrons. The number of Topliss-reactive ketones (excluding diaryl/α,β-unsaturated/α-hetero) is 1. The summed E-state index contributed by atoms with van der Waals surface area (Å²) in [5.74, 6) is 0.0477. The van der Waals surface area contributed by atoms with Crippen molar-refractivity contribution in [3.8, 4) is 0 Å². The molecule has 2 heterocycles. The van der Waals surface area contributed by atoms with E-state index in [4.69, 9.17) is 11.6 Å². The standard InChI is InChI=1S/C16H16ClN3O/c1-3-10-4-6-13(20-19-10)16(2)9-8-12-11(15(16)21)5-7-14(17)18-12/h4-7H,3,8-9H2,1-2H3. The molecule has 0 fully saturated rings. The van der Waals surface area contributed by atoms with E-state index in [2.05, 4.69) is 15.2 Å². The number of rotatable bonds is 2. The van der Waals surface area contributed by atoms with Crippen molar-refractivity contribution in [1.82, 2.24) is 15.2 Å². The van der Waals surface area contributed by atoms with Gasteiger partial charge in [0, 0.05) is 5.56 Å². The molecule has 2 aromatic heterocycles. The van der Waals surface area contributed by atoms with Crippen LogP contribution in [0.4, 0.5) is 0 Å². The van der Waals surface area contributed by atoms with Crippen molar-refractivity contribution in [3.05, 3.63) is 52.1 Å². The minimum atomic E-state index is -0.637. The fraction of sp³-hybridized carbons (Fsp3) is 0.375. The first-order valence-electron chi connectivity index (χ1n) is 7.08. The molecule has 0 aromatic carbocycles. The van der Waals surface area contributed by atoms with Gasteiger partial charge in [0.2, 0.25) is 0 Å². The fourth-order valence-electron chi connectivity index (χ4n) is 2.74. The number of carbonyl (C=O) groups excluding carboxylic acids is 1. The number of pyridine rings is 1. The van der Waals surface area contributed by atoms with Gasteiger partial charge in [-0.2, -0.15) is 10.2 Å². The predicted molar refractivity (Wildman–Crippen MR) is 80.7 cm³/mol. The quantitative estimate of drug-likeness (QED) is 0.800. The topological polar surface area (TPSA) is 55.7 Å². The number of aromatic nitrogens is 3. The first-order valence-corrected chi connectivity index (χ1v) is 7.45. The van der Waals surface area contributed by atoms with Crippen LogP contribution in [0.3, 0.4) is 0 Å². The van der Waals surface area contributed by atoms with Crippen molar-refractivity contribution in [2.75, 3.05) is 0 Å². The maximum Gasteiger partial charge on any atom is 0.176 e. The molecule has 1 atom stereocenters. The molecule has 1 unspecified atom stereocenters. The SMILES string of the molecule is CCc1ccc(C2(C)CCc3nc(Cl)ccc3C2=O)nn1. The lowest BCUT2D eigenvalue weighted by Gasteiger charge is -2.31. The number of carbonyl (C=O) groups is 1. The predicted octanol–water partition coefficient (Wildman–Crippen LogP) is 3.17. The number of hydrogen-bond acceptors (Lipinski definition) is 4. The van der Waals surface area contributed by atoms with Crippen LogP contribution in [-0.2, 0) is 18.3 Å². The molecule has 0 saturated heterocycles. The van der Waals surface area contributed by atoms with Gasteiger partial charge in [-0.25, -0.2) is 4.98 Å². The van der Waals surface area contributed by atoms with Gasteiger partial charge in [-0.1, -0.05) is 18.5 Å². The second-order valence-electron chi connectivity index (χ2n) is 5.55. The molecular weight excluding hydrogens is 286 g/mol. The van der Waals surface area contributed by atoms with Gasteiger partial charge in [0.05, 0.1) is 22.5 Å². The lowest BCUT2D eigenvalue weighted by Crippen LogP contribution is -2.38. The molecule has 21 heavy (non-hydrogen) atoms. The lowest BCUT2D eigenvalue weighted by atomic mass is 9.71. The molecule has 2 aromatic rings. The van der Waals surface area contributed by atoms with Gasteiger partial charge in [-0.3, -0.25) is 4.79 Å². The van der Waals surface area contributed by atoms with Crippen LogP contribution >= 0.6 is 11.6 Å². The van der Waals surface area contributed by atoms with Crippen molar-refractivity contribution in [1.29, 1.82) is 0 Å². The zero-order chi connectivity index (χ0) is 15.0. The van der Waals surface area contributed by atoms with Crippen molar-refractivity contribution >= 4 is 17.4 Å². The molecule has 0 N–H and O–H groups in total. The van der Waals surface area contributed by atoms with E-state index >= 15 is 0 Å². The molecule has 1 aliphatic rings. The van der Waals surface area contributed by atoms with E-state index in [0.29, 0.717) is 17.1 Å². The molecule has 0 bridgehead atoms. The Morgan fingerprint density at radius 3 is 2.71 bits per heavy atom. The number of aryl methyl sites for hydroxylation is 2. The van der Waals surface area contributed by atoms with E-state index < -0.39 is 5.41 Å². The second-order valence-corrected chi connectivity index (χ2v) is 5.94. The van der Waals surface area contributed by atoms with Crippen molar-refractivity contribution < 1.29 is 4.79 Å². The summed E-state index contributed by atoms with van der Waals surface area (Å²) < 4.78 is 0. The number of ketones is 1. The first-order chi connectivity index (χ1) is 10.0. The number of fused-ring (bicyclic) bond motifs is 1. The minimum Gasteiger partial charge on any atom is -0.293 e. The van der Waals surface area contributed by atoms with E-state index in [1.165, 1.54) is 0 Å². The van der Waals surface area contributed by atoms with Gasteiger partial charge >= 0.3 is 0 Å². The Bertz CT molecular complexity index is 699. The Hall–Kier alpha value is -1.81. The summed E-state index contributed by atoms with van der Waals surface area (Å²) in [5, 5.41) is 8.88. The third kappa shape index (κ3) is 2.33. The molecule has 3 rings (SSSR count). The largest absolute Gasteiger partial charge is 0.293 e. The average molecular weight is 302 g/mol. The summed E-state index contributed by atoms with van der Waals surface area (Å²) in [7, 11) is 0. The van der Waals surface area contributed by atoms with Crippen LogP contribution in [0.25, 0.3) is 0 Å². The maximum atomic E-state index is 12.9. The van der Waals surface area contributed by atoms with Crippen LogP contribution in [0.15, 0.2) is 24.3 Å². The number of halogens is 1. The van der Waals surface area contributed by atoms with Crippen LogP contribution in [0, 0.1) is 0 Å². The molecule has 4 nitrogen and oxygen atoms in total. The Kier molecular flexibility index (Phi) is 3.49. The molecular formula is C16H16ClN3O. The monoisotopic (exact) mass is 301 g/mol. The van der Waals surface area contributed by atoms with Crippen molar-refractivity contribution in [3.63, 3.8) is 0 Å². The molecule has 0 saturated carbocycles. The molecule has 0 spiro atoms. The lowest BCUT2D eigenvalue weighted by molar-refractivity contribution is 0.0869. The van der Waals surface area contributed by atoms with Gasteiger partial charge in [0.1, 0.15) is 5.15 Å². The summed E-state index contributed by atoms with van der Waals surface area (Å²) in [5.41, 5.74) is 2.45. The highest BCUT2D eigenvalue weighted by Crippen LogP contribution is 2.36. The fourth-order valence-corrected chi connectivity index (χ4v) is 2.90. The third-order valence-corrected chi connectivity index (χ3v) is 4.41. The maximum absolute atomic E-state index is 12.9. The minimum absolute atomic E-state index is 0.0477. The molecule has 0 aliphatic heterocycles. The second kappa shape index (κ2) is 5.19. The van der Waals surface area contributed by atoms with E-state index in [1.807, 2.05) is 26.0 Å². The first kappa shape index (κ1) is 14.1. The van der Waals surface area contributed by atoms with Crippen LogP contribution in [0.1, 0.15) is 47.7 Å². The molecule has 5 heteroatoms. The van der Waals surface area contributed by atoms with Gasteiger partial charge in [0.15, 0.2) is 5.78 Å². The highest BCUT2D eigenvalue weighted by atomic mass is 35.5. The molecule has 0 amide bonds. The van der Waals surface area contributed by atoms with E-state index in [-0.39, 0.29) is 5.78 Å². The summed E-state index contributed by atoms with van der Waals surface area (Å²) >= 11 is 5.90. The summed E-state index contributed by atoms with van der Waals surface area (Å²) in [4.78, 5) is 17.1. The normalized spacial score (nSPS) is 21.2. The van der Waals surface area contributed by atoms with Gasteiger partial charge in [-0.05, 0) is 50.5 Å². The van der Waals surface area contributed by atoms with Crippen LogP contribution in [0.2, 0.25) is 5.15 Å². The zero-order valence-corrected chi connectivity index (χ0v) is 12.8. The Labute approximate surface area is 128 Å². The van der Waals surface area contributed by atoms with Crippen LogP contribution in [-0.4, -0.2) is 21.0 Å². The van der Waals surface area contributed by atoms with E-state index in [9.17, 15) is 4.79 Å². The third-order valence-electron chi connectivity index (χ3n) is 4.20. The average Bonchev–Trinajstić information content (AvgIpc) is 2.51. The Morgan fingerprint density at radius 1 is 1.24 bits per heavy atom. The van der Waals surface area contributed by atoms with Gasteiger partial charge in [-0.15, -0.1) is 0 Å². The molecule has 0 radical (unpaired) electrons. The summed E-state index contributed by atoms with van der Waals surface area (Å²) in [6.07, 6.45) is 2.23. The molecule has 1 aliphatic carbocycles. The van der Waals surface area contributed by atoms with E-state index in [0.717, 1.165) is 29.9 Å². The van der Waals surface area contributed by atoms with Crippen LogP contribution in [0.5, 0.6) is 0 Å². The summed E-state index contributed by atoms with van der Waals surface area (Å²) in [6.45, 7) is 3.96. The van der Waals surface area contributed by atoms with E-state index in [1.54, 1.807) is 12.1 Å².